The highest BCUT2D eigenvalue weighted by molar-refractivity contribution is 5.93. The summed E-state index contributed by atoms with van der Waals surface area (Å²) in [6.45, 7) is 0.540. The molecule has 0 radical (unpaired) electrons. The maximum absolute atomic E-state index is 13.9. The van der Waals surface area contributed by atoms with Crippen LogP contribution in [0.1, 0.15) is 34.3 Å². The number of ketones is 1. The first-order chi connectivity index (χ1) is 11.5. The lowest BCUT2D eigenvalue weighted by atomic mass is 9.86. The van der Waals surface area contributed by atoms with Crippen LogP contribution in [0, 0.1) is 5.82 Å². The second kappa shape index (κ2) is 5.80. The average Bonchev–Trinajstić information content (AvgIpc) is 2.78. The Morgan fingerprint density at radius 3 is 2.67 bits per heavy atom. The van der Waals surface area contributed by atoms with Crippen molar-refractivity contribution in [3.05, 3.63) is 70.5 Å². The SMILES string of the molecule is CN(C)CC1OC2c3cc(F)ccc3Cc3ccccc3C2C1=O. The molecule has 1 fully saturated rings. The van der Waals surface area contributed by atoms with Gasteiger partial charge < -0.3 is 9.64 Å². The maximum atomic E-state index is 13.9. The van der Waals surface area contributed by atoms with Crippen LogP contribution < -0.4 is 0 Å². The normalized spacial score (nSPS) is 25.2. The lowest BCUT2D eigenvalue weighted by Crippen LogP contribution is -2.31. The Morgan fingerprint density at radius 2 is 1.88 bits per heavy atom. The minimum absolute atomic E-state index is 0.0956. The van der Waals surface area contributed by atoms with E-state index in [1.165, 1.54) is 12.1 Å². The molecule has 4 rings (SSSR count). The summed E-state index contributed by atoms with van der Waals surface area (Å²) in [6, 6.07) is 12.8. The topological polar surface area (TPSA) is 29.5 Å². The monoisotopic (exact) mass is 325 g/mol. The predicted molar refractivity (Wildman–Crippen MR) is 89.6 cm³/mol. The van der Waals surface area contributed by atoms with E-state index in [0.717, 1.165) is 22.3 Å². The molecular weight excluding hydrogens is 305 g/mol. The smallest absolute Gasteiger partial charge is 0.173 e. The summed E-state index contributed by atoms with van der Waals surface area (Å²) in [4.78, 5) is 15.0. The van der Waals surface area contributed by atoms with Crippen molar-refractivity contribution in [1.82, 2.24) is 4.90 Å². The number of hydrogen-bond donors (Lipinski definition) is 0. The molecule has 0 saturated carbocycles. The Labute approximate surface area is 141 Å². The molecule has 0 N–H and O–H groups in total. The molecule has 124 valence electrons. The Hall–Kier alpha value is -2.04. The van der Waals surface area contributed by atoms with Gasteiger partial charge in [-0.15, -0.1) is 0 Å². The van der Waals surface area contributed by atoms with Crippen molar-refractivity contribution in [1.29, 1.82) is 0 Å². The molecule has 3 atom stereocenters. The number of ether oxygens (including phenoxy) is 1. The summed E-state index contributed by atoms with van der Waals surface area (Å²) in [5.41, 5.74) is 3.99. The zero-order valence-corrected chi connectivity index (χ0v) is 13.8. The first-order valence-electron chi connectivity index (χ1n) is 8.24. The Kier molecular flexibility index (Phi) is 3.74. The van der Waals surface area contributed by atoms with Gasteiger partial charge in [-0.3, -0.25) is 4.79 Å². The fourth-order valence-electron chi connectivity index (χ4n) is 3.90. The van der Waals surface area contributed by atoms with Gasteiger partial charge in [-0.1, -0.05) is 30.3 Å². The minimum Gasteiger partial charge on any atom is -0.360 e. The number of hydrogen-bond acceptors (Lipinski definition) is 3. The van der Waals surface area contributed by atoms with Crippen LogP contribution in [-0.4, -0.2) is 37.4 Å². The molecule has 0 amide bonds. The van der Waals surface area contributed by atoms with Crippen LogP contribution in [0.4, 0.5) is 4.39 Å². The fraction of sp³-hybridized carbons (Fsp3) is 0.350. The van der Waals surface area contributed by atoms with Gasteiger partial charge in [0.1, 0.15) is 11.9 Å². The molecule has 0 bridgehead atoms. The van der Waals surface area contributed by atoms with Crippen LogP contribution in [0.15, 0.2) is 42.5 Å². The summed E-state index contributed by atoms with van der Waals surface area (Å²) in [6.07, 6.45) is -0.178. The third kappa shape index (κ3) is 2.46. The van der Waals surface area contributed by atoms with Gasteiger partial charge in [0.2, 0.25) is 0 Å². The highest BCUT2D eigenvalue weighted by atomic mass is 19.1. The molecule has 3 nitrogen and oxygen atoms in total. The molecular formula is C20H20FNO2. The van der Waals surface area contributed by atoms with E-state index < -0.39 is 12.2 Å². The van der Waals surface area contributed by atoms with E-state index in [2.05, 4.69) is 6.07 Å². The van der Waals surface area contributed by atoms with E-state index in [0.29, 0.717) is 13.0 Å². The van der Waals surface area contributed by atoms with Crippen LogP contribution in [-0.2, 0) is 16.0 Å². The van der Waals surface area contributed by atoms with Gasteiger partial charge in [0.25, 0.3) is 0 Å². The molecule has 2 aliphatic rings. The molecule has 1 aliphatic heterocycles. The first-order valence-corrected chi connectivity index (χ1v) is 8.24. The summed E-state index contributed by atoms with van der Waals surface area (Å²) < 4.78 is 20.0. The molecule has 1 saturated heterocycles. The van der Waals surface area contributed by atoms with Crippen molar-refractivity contribution in [2.24, 2.45) is 0 Å². The fourth-order valence-corrected chi connectivity index (χ4v) is 3.90. The van der Waals surface area contributed by atoms with Crippen LogP contribution in [0.5, 0.6) is 0 Å². The van der Waals surface area contributed by atoms with Crippen LogP contribution in [0.2, 0.25) is 0 Å². The number of rotatable bonds is 2. The van der Waals surface area contributed by atoms with Crippen LogP contribution in [0.25, 0.3) is 0 Å². The molecule has 3 unspecified atom stereocenters. The molecule has 1 heterocycles. The lowest BCUT2D eigenvalue weighted by Gasteiger charge is -2.18. The quantitative estimate of drug-likeness (QED) is 0.850. The van der Waals surface area contributed by atoms with Crippen molar-refractivity contribution in [3.63, 3.8) is 0 Å². The highest BCUT2D eigenvalue weighted by Crippen LogP contribution is 2.47. The van der Waals surface area contributed by atoms with Gasteiger partial charge in [0.15, 0.2) is 5.78 Å². The standard InChI is InChI=1S/C20H20FNO2/c1-22(2)11-17-19(23)18-15-6-4-3-5-12(15)9-13-7-8-14(21)10-16(13)20(18)24-17/h3-8,10,17-18,20H,9,11H2,1-2H3. The molecule has 2 aromatic rings. The summed E-state index contributed by atoms with van der Waals surface area (Å²) in [5, 5.41) is 0. The average molecular weight is 325 g/mol. The maximum Gasteiger partial charge on any atom is 0.173 e. The van der Waals surface area contributed by atoms with Gasteiger partial charge in [0.05, 0.1) is 12.0 Å². The zero-order valence-electron chi connectivity index (χ0n) is 13.8. The Balaban J connectivity index is 1.87. The molecule has 4 heteroatoms. The number of carbonyl (C=O) groups is 1. The molecule has 0 spiro atoms. The number of halogens is 1. The molecule has 1 aliphatic carbocycles. The number of likely N-dealkylation sites (N-methyl/N-ethyl adjacent to an activating group) is 1. The van der Waals surface area contributed by atoms with E-state index in [4.69, 9.17) is 4.74 Å². The minimum atomic E-state index is -0.475. The number of benzene rings is 2. The van der Waals surface area contributed by atoms with Gasteiger partial charge in [-0.25, -0.2) is 4.39 Å². The third-order valence-electron chi connectivity index (χ3n) is 4.95. The van der Waals surface area contributed by atoms with E-state index in [-0.39, 0.29) is 17.5 Å². The summed E-state index contributed by atoms with van der Waals surface area (Å²) in [5.74, 6) is -0.543. The van der Waals surface area contributed by atoms with Crippen molar-refractivity contribution in [2.45, 2.75) is 24.5 Å². The second-order valence-corrected chi connectivity index (χ2v) is 6.91. The summed E-state index contributed by atoms with van der Waals surface area (Å²) >= 11 is 0. The summed E-state index contributed by atoms with van der Waals surface area (Å²) in [7, 11) is 3.85. The van der Waals surface area contributed by atoms with Crippen molar-refractivity contribution < 1.29 is 13.9 Å². The largest absolute Gasteiger partial charge is 0.360 e. The van der Waals surface area contributed by atoms with Crippen LogP contribution in [0.3, 0.4) is 0 Å². The van der Waals surface area contributed by atoms with Gasteiger partial charge in [-0.05, 0) is 54.9 Å². The van der Waals surface area contributed by atoms with Crippen molar-refractivity contribution in [2.75, 3.05) is 20.6 Å². The van der Waals surface area contributed by atoms with E-state index in [9.17, 15) is 9.18 Å². The van der Waals surface area contributed by atoms with E-state index >= 15 is 0 Å². The van der Waals surface area contributed by atoms with Gasteiger partial charge >= 0.3 is 0 Å². The molecule has 24 heavy (non-hydrogen) atoms. The highest BCUT2D eigenvalue weighted by Gasteiger charge is 2.47. The number of nitrogens with zero attached hydrogens (tertiary/aromatic N) is 1. The van der Waals surface area contributed by atoms with Crippen molar-refractivity contribution >= 4 is 5.78 Å². The lowest BCUT2D eigenvalue weighted by molar-refractivity contribution is -0.123. The third-order valence-corrected chi connectivity index (χ3v) is 4.95. The number of Topliss-reactive ketones (excluding diaryl/α,β-unsaturated/α-hetero) is 1. The molecule has 0 aromatic heterocycles. The zero-order chi connectivity index (χ0) is 16.8. The van der Waals surface area contributed by atoms with Gasteiger partial charge in [-0.2, -0.15) is 0 Å². The number of fused-ring (bicyclic) bond motifs is 5. The second-order valence-electron chi connectivity index (χ2n) is 6.91. The van der Waals surface area contributed by atoms with E-state index in [1.54, 1.807) is 0 Å². The van der Waals surface area contributed by atoms with Crippen molar-refractivity contribution in [3.8, 4) is 0 Å². The first kappa shape index (κ1) is 15.5. The van der Waals surface area contributed by atoms with Gasteiger partial charge in [0, 0.05) is 6.54 Å². The Morgan fingerprint density at radius 1 is 1.12 bits per heavy atom. The Bertz CT molecular complexity index is 802. The van der Waals surface area contributed by atoms with E-state index in [1.807, 2.05) is 43.3 Å². The van der Waals surface area contributed by atoms with Crippen LogP contribution >= 0.6 is 0 Å². The number of carbonyl (C=O) groups excluding carboxylic acids is 1. The molecule has 2 aromatic carbocycles. The predicted octanol–water partition coefficient (Wildman–Crippen LogP) is 3.08.